The Bertz CT molecular complexity index is 1120. The number of nitrogens with zero attached hydrogens (tertiary/aromatic N) is 1. The molecule has 0 spiro atoms. The van der Waals surface area contributed by atoms with E-state index in [1.165, 1.54) is 24.6 Å². The van der Waals surface area contributed by atoms with Gasteiger partial charge in [-0.2, -0.15) is 0 Å². The van der Waals surface area contributed by atoms with Crippen LogP contribution in [-0.2, 0) is 9.53 Å². The van der Waals surface area contributed by atoms with Crippen LogP contribution in [0.1, 0.15) is 69.8 Å². The number of amides is 1. The number of thiocarbonyl (C=S) groups is 1. The molecule has 2 aromatic rings. The quantitative estimate of drug-likeness (QED) is 0.230. The van der Waals surface area contributed by atoms with E-state index in [1.807, 2.05) is 35.2 Å². The number of carbonyl (C=O) groups excluding carboxylic acids is 1. The van der Waals surface area contributed by atoms with Crippen LogP contribution in [0, 0.1) is 0 Å². The molecule has 1 aliphatic heterocycles. The van der Waals surface area contributed by atoms with E-state index >= 15 is 0 Å². The number of carbonyl (C=O) groups is 1. The summed E-state index contributed by atoms with van der Waals surface area (Å²) in [5, 5.41) is 3.12. The third kappa shape index (κ3) is 4.93. The molecule has 0 radical (unpaired) electrons. The topological polar surface area (TPSA) is 29.5 Å². The summed E-state index contributed by atoms with van der Waals surface area (Å²) >= 11 is 20.0. The van der Waals surface area contributed by atoms with Crippen molar-refractivity contribution < 1.29 is 9.53 Å². The Hall–Kier alpha value is -1.27. The summed E-state index contributed by atoms with van der Waals surface area (Å²) in [6.07, 6.45) is 11.2. The van der Waals surface area contributed by atoms with Crippen LogP contribution in [0.3, 0.4) is 0 Å². The van der Waals surface area contributed by atoms with E-state index in [-0.39, 0.29) is 18.1 Å². The Kier molecular flexibility index (Phi) is 7.22. The maximum Gasteiger partial charge on any atom is 0.270 e. The van der Waals surface area contributed by atoms with Crippen LogP contribution in [0.25, 0.3) is 16.5 Å². The molecule has 0 N–H and O–H groups in total. The molecule has 1 amide bonds. The molecule has 0 atom stereocenters. The lowest BCUT2D eigenvalue weighted by Gasteiger charge is -2.30. The van der Waals surface area contributed by atoms with Gasteiger partial charge in [-0.05, 0) is 68.2 Å². The lowest BCUT2D eigenvalue weighted by atomic mass is 9.94. The minimum atomic E-state index is -0.0231. The summed E-state index contributed by atoms with van der Waals surface area (Å²) in [7, 11) is 0. The van der Waals surface area contributed by atoms with Gasteiger partial charge in [0, 0.05) is 27.0 Å². The largest absolute Gasteiger partial charge is 0.488 e. The number of halogens is 2. The van der Waals surface area contributed by atoms with Gasteiger partial charge >= 0.3 is 0 Å². The van der Waals surface area contributed by atoms with Gasteiger partial charge in [0.05, 0.1) is 6.10 Å². The molecule has 0 unspecified atom stereocenters. The summed E-state index contributed by atoms with van der Waals surface area (Å²) in [5.74, 6) is 0.589. The van der Waals surface area contributed by atoms with Crippen molar-refractivity contribution in [3.05, 3.63) is 50.8 Å². The molecule has 0 aromatic heterocycles. The molecule has 0 bridgehead atoms. The van der Waals surface area contributed by atoms with E-state index in [2.05, 4.69) is 0 Å². The Morgan fingerprint density at radius 3 is 2.39 bits per heavy atom. The summed E-state index contributed by atoms with van der Waals surface area (Å²) in [5.41, 5.74) is 0.810. The Balaban J connectivity index is 1.59. The maximum atomic E-state index is 13.7. The van der Waals surface area contributed by atoms with Crippen LogP contribution in [0.2, 0.25) is 10.0 Å². The van der Waals surface area contributed by atoms with Crippen LogP contribution >= 0.6 is 47.2 Å². The van der Waals surface area contributed by atoms with Crippen molar-refractivity contribution in [3.63, 3.8) is 0 Å². The van der Waals surface area contributed by atoms with Gasteiger partial charge in [-0.15, -0.1) is 0 Å². The van der Waals surface area contributed by atoms with Gasteiger partial charge in [-0.3, -0.25) is 9.69 Å². The summed E-state index contributed by atoms with van der Waals surface area (Å²) in [4.78, 5) is 16.1. The molecule has 2 aromatic carbocycles. The number of thioether (sulfide) groups is 1. The lowest BCUT2D eigenvalue weighted by Crippen LogP contribution is -2.39. The van der Waals surface area contributed by atoms with Gasteiger partial charge < -0.3 is 4.74 Å². The fourth-order valence-corrected chi connectivity index (χ4v) is 7.10. The number of rotatable bonds is 4. The number of hydrogen-bond donors (Lipinski definition) is 0. The molecular formula is C26H27Cl2NO2S2. The smallest absolute Gasteiger partial charge is 0.270 e. The van der Waals surface area contributed by atoms with Crippen molar-refractivity contribution in [1.29, 1.82) is 0 Å². The number of hydrogen-bond acceptors (Lipinski definition) is 4. The van der Waals surface area contributed by atoms with Gasteiger partial charge in [-0.1, -0.05) is 78.9 Å². The van der Waals surface area contributed by atoms with E-state index in [1.54, 1.807) is 0 Å². The van der Waals surface area contributed by atoms with Crippen molar-refractivity contribution in [2.24, 2.45) is 0 Å². The zero-order chi connectivity index (χ0) is 22.9. The average Bonchev–Trinajstić information content (AvgIpc) is 3.11. The Morgan fingerprint density at radius 1 is 0.970 bits per heavy atom. The normalized spacial score (nSPS) is 22.3. The third-order valence-corrected chi connectivity index (χ3v) is 8.84. The van der Waals surface area contributed by atoms with E-state index < -0.39 is 0 Å². The Labute approximate surface area is 214 Å². The van der Waals surface area contributed by atoms with Gasteiger partial charge in [0.25, 0.3) is 5.91 Å². The fourth-order valence-electron chi connectivity index (χ4n) is 5.20. The maximum absolute atomic E-state index is 13.7. The molecule has 1 heterocycles. The van der Waals surface area contributed by atoms with E-state index in [0.717, 1.165) is 67.7 Å². The van der Waals surface area contributed by atoms with Gasteiger partial charge in [-0.25, -0.2) is 0 Å². The van der Waals surface area contributed by atoms with Crippen LogP contribution in [-0.4, -0.2) is 27.3 Å². The predicted molar refractivity (Wildman–Crippen MR) is 143 cm³/mol. The first-order valence-corrected chi connectivity index (χ1v) is 13.8. The first-order chi connectivity index (χ1) is 16.0. The monoisotopic (exact) mass is 519 g/mol. The highest BCUT2D eigenvalue weighted by Gasteiger charge is 2.40. The molecule has 174 valence electrons. The molecule has 2 aliphatic carbocycles. The van der Waals surface area contributed by atoms with Crippen LogP contribution in [0.4, 0.5) is 0 Å². The zero-order valence-corrected chi connectivity index (χ0v) is 21.6. The standard InChI is InChI=1S/C26H27Cl2NO2S2/c27-18-11-12-21-16(14-18)13-17(15-22(21)28)23(31-20-9-5-2-6-10-20)24-25(30)29(26(32)33-24)19-7-3-1-4-8-19/h11-15,19-20H,1-10H2/b24-23+. The second kappa shape index (κ2) is 10.2. The molecule has 5 rings (SSSR count). The number of ether oxygens (including phenoxy) is 1. The molecule has 1 saturated heterocycles. The van der Waals surface area contributed by atoms with Gasteiger partial charge in [0.15, 0.2) is 0 Å². The molecule has 3 nitrogen and oxygen atoms in total. The SMILES string of the molecule is O=C1/C(=C(\OC2CCCCC2)c2cc(Cl)c3ccc(Cl)cc3c2)SC(=S)N1C1CCCCC1. The van der Waals surface area contributed by atoms with Crippen molar-refractivity contribution in [2.75, 3.05) is 0 Å². The third-order valence-electron chi connectivity index (χ3n) is 6.91. The minimum absolute atomic E-state index is 0.0231. The second-order valence-electron chi connectivity index (χ2n) is 9.19. The average molecular weight is 521 g/mol. The highest BCUT2D eigenvalue weighted by Crippen LogP contribution is 2.43. The van der Waals surface area contributed by atoms with E-state index in [9.17, 15) is 4.79 Å². The highest BCUT2D eigenvalue weighted by atomic mass is 35.5. The summed E-state index contributed by atoms with van der Waals surface area (Å²) < 4.78 is 7.25. The molecule has 33 heavy (non-hydrogen) atoms. The fraction of sp³-hybridized carbons (Fsp3) is 0.462. The van der Waals surface area contributed by atoms with Crippen molar-refractivity contribution >= 4 is 73.9 Å². The molecule has 7 heteroatoms. The van der Waals surface area contributed by atoms with Gasteiger partial charge in [0.2, 0.25) is 0 Å². The Morgan fingerprint density at radius 2 is 1.67 bits per heavy atom. The summed E-state index contributed by atoms with van der Waals surface area (Å²) in [6, 6.07) is 9.79. The lowest BCUT2D eigenvalue weighted by molar-refractivity contribution is -0.124. The van der Waals surface area contributed by atoms with E-state index in [4.69, 9.17) is 40.2 Å². The van der Waals surface area contributed by atoms with Crippen molar-refractivity contribution in [2.45, 2.75) is 76.4 Å². The second-order valence-corrected chi connectivity index (χ2v) is 11.7. The molecular weight excluding hydrogens is 493 g/mol. The zero-order valence-electron chi connectivity index (χ0n) is 18.4. The predicted octanol–water partition coefficient (Wildman–Crippen LogP) is 8.36. The molecule has 2 saturated carbocycles. The van der Waals surface area contributed by atoms with Crippen LogP contribution in [0.5, 0.6) is 0 Å². The molecule has 3 fully saturated rings. The highest BCUT2D eigenvalue weighted by molar-refractivity contribution is 8.26. The first kappa shape index (κ1) is 23.5. The van der Waals surface area contributed by atoms with Crippen LogP contribution < -0.4 is 0 Å². The first-order valence-electron chi connectivity index (χ1n) is 11.9. The van der Waals surface area contributed by atoms with Crippen molar-refractivity contribution in [1.82, 2.24) is 4.90 Å². The molecule has 3 aliphatic rings. The van der Waals surface area contributed by atoms with Crippen molar-refractivity contribution in [3.8, 4) is 0 Å². The van der Waals surface area contributed by atoms with Gasteiger partial charge in [0.1, 0.15) is 15.0 Å². The van der Waals surface area contributed by atoms with Crippen LogP contribution in [0.15, 0.2) is 35.2 Å². The number of benzene rings is 2. The van der Waals surface area contributed by atoms with E-state index in [0.29, 0.717) is 25.0 Å². The minimum Gasteiger partial charge on any atom is -0.488 e. The summed E-state index contributed by atoms with van der Waals surface area (Å²) in [6.45, 7) is 0. The number of fused-ring (bicyclic) bond motifs is 1.